The Bertz CT molecular complexity index is 1170. The number of alkyl halides is 3. The number of nitrogens with zero attached hydrogens (tertiary/aromatic N) is 5. The molecule has 0 saturated carbocycles. The molecular formula is C20H25F3N6O5. The average molecular weight is 486 g/mol. The van der Waals surface area contributed by atoms with Gasteiger partial charge in [0.15, 0.2) is 11.2 Å². The number of aromatic nitrogens is 4. The Morgan fingerprint density at radius 2 is 1.76 bits per heavy atom. The first kappa shape index (κ1) is 26.5. The van der Waals surface area contributed by atoms with E-state index in [1.807, 2.05) is 4.57 Å². The van der Waals surface area contributed by atoms with Gasteiger partial charge in [-0.3, -0.25) is 18.7 Å². The number of imidazole rings is 1. The van der Waals surface area contributed by atoms with Crippen molar-refractivity contribution >= 4 is 35.0 Å². The topological polar surface area (TPSA) is 143 Å². The lowest BCUT2D eigenvalue weighted by Gasteiger charge is -2.27. The Balaban J connectivity index is 0.000000509. The number of carbonyl (C=O) groups is 2. The van der Waals surface area contributed by atoms with Crippen LogP contribution >= 0.6 is 0 Å². The second-order valence-electron chi connectivity index (χ2n) is 7.45. The molecule has 3 heterocycles. The zero-order valence-corrected chi connectivity index (χ0v) is 18.8. The molecule has 14 heteroatoms. The summed E-state index contributed by atoms with van der Waals surface area (Å²) in [7, 11) is 1.56. The molecule has 0 amide bonds. The number of rotatable bonds is 5. The van der Waals surface area contributed by atoms with Crippen LogP contribution in [0.15, 0.2) is 4.79 Å². The minimum atomic E-state index is -5.08. The number of aliphatic carboxylic acids is 2. The molecule has 1 saturated heterocycles. The molecule has 2 aromatic rings. The van der Waals surface area contributed by atoms with Crippen LogP contribution in [0, 0.1) is 11.8 Å². The van der Waals surface area contributed by atoms with Crippen molar-refractivity contribution in [3.8, 4) is 11.8 Å². The summed E-state index contributed by atoms with van der Waals surface area (Å²) < 4.78 is 34.9. The highest BCUT2D eigenvalue weighted by Crippen LogP contribution is 2.23. The summed E-state index contributed by atoms with van der Waals surface area (Å²) in [6.07, 6.45) is -1.74. The third-order valence-corrected chi connectivity index (χ3v) is 4.98. The number of halogens is 3. The standard InChI is InChI=1S/C18H24N6O3.C2HF3O2/c1-4-5-11-24-13-14(21-18(24)23-9-7-6-8-10-23)20-17(22(3)15(13)25)19-12(2)16(26)27;3-2(4,5)1(6)7/h12H,6-11H2,1-3H3,(H,19,20)(H,26,27);(H,6,7)/t12-;/m0./s1. The van der Waals surface area contributed by atoms with E-state index in [0.29, 0.717) is 23.7 Å². The Hall–Kier alpha value is -3.76. The zero-order valence-electron chi connectivity index (χ0n) is 18.8. The smallest absolute Gasteiger partial charge is 0.480 e. The van der Waals surface area contributed by atoms with Crippen molar-refractivity contribution in [2.75, 3.05) is 23.3 Å². The number of anilines is 2. The van der Waals surface area contributed by atoms with Gasteiger partial charge < -0.3 is 20.4 Å². The van der Waals surface area contributed by atoms with Gasteiger partial charge >= 0.3 is 18.1 Å². The predicted octanol–water partition coefficient (Wildman–Crippen LogP) is 1.66. The van der Waals surface area contributed by atoms with Crippen molar-refractivity contribution in [3.63, 3.8) is 0 Å². The number of piperidine rings is 1. The fraction of sp³-hybridized carbons (Fsp3) is 0.550. The van der Waals surface area contributed by atoms with Crippen molar-refractivity contribution in [1.29, 1.82) is 0 Å². The third kappa shape index (κ3) is 6.18. The molecule has 0 aromatic carbocycles. The van der Waals surface area contributed by atoms with E-state index in [4.69, 9.17) is 15.0 Å². The van der Waals surface area contributed by atoms with Gasteiger partial charge in [-0.25, -0.2) is 4.79 Å². The molecule has 0 unspecified atom stereocenters. The van der Waals surface area contributed by atoms with Gasteiger partial charge in [0.1, 0.15) is 6.04 Å². The molecule has 3 rings (SSSR count). The SMILES string of the molecule is CC#CCn1c(N2CCCCC2)nc2nc(N[C@@H](C)C(=O)O)n(C)c(=O)c21.O=C(O)C(F)(F)F. The summed E-state index contributed by atoms with van der Waals surface area (Å²) in [6, 6.07) is -0.879. The molecule has 186 valence electrons. The highest BCUT2D eigenvalue weighted by atomic mass is 19.4. The normalized spacial score (nSPS) is 14.5. The van der Waals surface area contributed by atoms with Crippen LogP contribution in [0.3, 0.4) is 0 Å². The van der Waals surface area contributed by atoms with Crippen LogP contribution in [-0.2, 0) is 23.2 Å². The van der Waals surface area contributed by atoms with Crippen LogP contribution in [0.1, 0.15) is 33.1 Å². The summed E-state index contributed by atoms with van der Waals surface area (Å²) in [5, 5.41) is 19.0. The molecule has 1 atom stereocenters. The van der Waals surface area contributed by atoms with E-state index in [1.165, 1.54) is 17.9 Å². The molecule has 11 nitrogen and oxygen atoms in total. The second kappa shape index (κ2) is 10.9. The Morgan fingerprint density at radius 3 is 2.26 bits per heavy atom. The lowest BCUT2D eigenvalue weighted by molar-refractivity contribution is -0.192. The van der Waals surface area contributed by atoms with Crippen molar-refractivity contribution in [1.82, 2.24) is 19.1 Å². The molecule has 1 fully saturated rings. The van der Waals surface area contributed by atoms with Crippen molar-refractivity contribution < 1.29 is 33.0 Å². The number of hydrogen-bond donors (Lipinski definition) is 3. The lowest BCUT2D eigenvalue weighted by Crippen LogP contribution is -2.32. The van der Waals surface area contributed by atoms with E-state index in [-0.39, 0.29) is 11.5 Å². The molecule has 0 radical (unpaired) electrons. The Labute approximate surface area is 192 Å². The molecule has 0 bridgehead atoms. The number of carboxylic acid groups (broad SMARTS) is 2. The van der Waals surface area contributed by atoms with Crippen LogP contribution in [-0.4, -0.2) is 66.6 Å². The van der Waals surface area contributed by atoms with Gasteiger partial charge in [-0.2, -0.15) is 23.1 Å². The molecule has 1 aliphatic heterocycles. The van der Waals surface area contributed by atoms with Crippen molar-refractivity contribution in [3.05, 3.63) is 10.4 Å². The molecule has 3 N–H and O–H groups in total. The minimum absolute atomic E-state index is 0.179. The van der Waals surface area contributed by atoms with Gasteiger partial charge in [0, 0.05) is 20.1 Å². The molecular weight excluding hydrogens is 461 g/mol. The van der Waals surface area contributed by atoms with Crippen LogP contribution in [0.5, 0.6) is 0 Å². The van der Waals surface area contributed by atoms with E-state index in [1.54, 1.807) is 14.0 Å². The predicted molar refractivity (Wildman–Crippen MR) is 117 cm³/mol. The van der Waals surface area contributed by atoms with Gasteiger partial charge in [0.05, 0.1) is 6.54 Å². The van der Waals surface area contributed by atoms with E-state index >= 15 is 0 Å². The number of nitrogens with one attached hydrogen (secondary N) is 1. The summed E-state index contributed by atoms with van der Waals surface area (Å²) in [5.41, 5.74) is 0.403. The number of hydrogen-bond acceptors (Lipinski definition) is 7. The zero-order chi connectivity index (χ0) is 25.6. The maximum atomic E-state index is 13.0. The molecule has 0 aliphatic carbocycles. The van der Waals surface area contributed by atoms with Crippen molar-refractivity contribution in [2.45, 2.75) is 51.9 Å². The van der Waals surface area contributed by atoms with Crippen LogP contribution in [0.25, 0.3) is 11.2 Å². The van der Waals surface area contributed by atoms with Crippen LogP contribution in [0.4, 0.5) is 25.1 Å². The molecule has 1 aliphatic rings. The van der Waals surface area contributed by atoms with E-state index in [0.717, 1.165) is 25.9 Å². The van der Waals surface area contributed by atoms with E-state index in [9.17, 15) is 22.8 Å². The quantitative estimate of drug-likeness (QED) is 0.538. The van der Waals surface area contributed by atoms with Gasteiger partial charge in [-0.15, -0.1) is 5.92 Å². The number of fused-ring (bicyclic) bond motifs is 1. The highest BCUT2D eigenvalue weighted by Gasteiger charge is 2.38. The molecule has 34 heavy (non-hydrogen) atoms. The molecule has 0 spiro atoms. The first-order valence-corrected chi connectivity index (χ1v) is 10.3. The summed E-state index contributed by atoms with van der Waals surface area (Å²) >= 11 is 0. The average Bonchev–Trinajstić information content (AvgIpc) is 3.14. The first-order valence-electron chi connectivity index (χ1n) is 10.3. The van der Waals surface area contributed by atoms with Crippen LogP contribution in [0.2, 0.25) is 0 Å². The number of carboxylic acids is 2. The van der Waals surface area contributed by atoms with Crippen LogP contribution < -0.4 is 15.8 Å². The molecule has 2 aromatic heterocycles. The maximum Gasteiger partial charge on any atom is 0.490 e. The third-order valence-electron chi connectivity index (χ3n) is 4.98. The first-order chi connectivity index (χ1) is 15.9. The Kier molecular flexibility index (Phi) is 8.50. The Morgan fingerprint density at radius 1 is 1.18 bits per heavy atom. The maximum absolute atomic E-state index is 13.0. The summed E-state index contributed by atoms with van der Waals surface area (Å²) in [4.78, 5) is 44.2. The fourth-order valence-electron chi connectivity index (χ4n) is 3.18. The van der Waals surface area contributed by atoms with Crippen molar-refractivity contribution in [2.24, 2.45) is 7.05 Å². The largest absolute Gasteiger partial charge is 0.490 e. The van der Waals surface area contributed by atoms with E-state index in [2.05, 4.69) is 32.0 Å². The highest BCUT2D eigenvalue weighted by molar-refractivity contribution is 5.78. The van der Waals surface area contributed by atoms with Gasteiger partial charge in [0.25, 0.3) is 5.56 Å². The van der Waals surface area contributed by atoms with Gasteiger partial charge in [-0.05, 0) is 33.1 Å². The second-order valence-corrected chi connectivity index (χ2v) is 7.45. The lowest BCUT2D eigenvalue weighted by atomic mass is 10.1. The fourth-order valence-corrected chi connectivity index (χ4v) is 3.18. The summed E-state index contributed by atoms with van der Waals surface area (Å²) in [5.74, 6) is 2.96. The van der Waals surface area contributed by atoms with E-state index < -0.39 is 24.2 Å². The van der Waals surface area contributed by atoms with Gasteiger partial charge in [0.2, 0.25) is 11.9 Å². The monoisotopic (exact) mass is 486 g/mol. The summed E-state index contributed by atoms with van der Waals surface area (Å²) in [6.45, 7) is 5.36. The minimum Gasteiger partial charge on any atom is -0.480 e. The van der Waals surface area contributed by atoms with Gasteiger partial charge in [-0.1, -0.05) is 5.92 Å².